The molecule has 0 unspecified atom stereocenters. The molecule has 3 heteroatoms. The number of benzene rings is 1. The van der Waals surface area contributed by atoms with Crippen LogP contribution < -0.4 is 11.1 Å². The van der Waals surface area contributed by atoms with E-state index in [2.05, 4.69) is 12.2 Å². The summed E-state index contributed by atoms with van der Waals surface area (Å²) in [6, 6.07) is 10.0. The van der Waals surface area contributed by atoms with E-state index in [1.54, 1.807) is 0 Å². The predicted octanol–water partition coefficient (Wildman–Crippen LogP) is 2.63. The summed E-state index contributed by atoms with van der Waals surface area (Å²) in [6.07, 6.45) is 2.62. The van der Waals surface area contributed by atoms with Crippen LogP contribution in [0.3, 0.4) is 0 Å². The van der Waals surface area contributed by atoms with Gasteiger partial charge in [-0.2, -0.15) is 0 Å². The highest BCUT2D eigenvalue weighted by atomic mass is 16.1. The molecule has 0 aliphatic heterocycles. The van der Waals surface area contributed by atoms with E-state index >= 15 is 0 Å². The van der Waals surface area contributed by atoms with Crippen molar-refractivity contribution >= 4 is 5.91 Å². The van der Waals surface area contributed by atoms with Crippen molar-refractivity contribution in [3.05, 3.63) is 35.9 Å². The van der Waals surface area contributed by atoms with Gasteiger partial charge in [-0.05, 0) is 31.4 Å². The van der Waals surface area contributed by atoms with Crippen molar-refractivity contribution in [2.75, 3.05) is 6.54 Å². The lowest BCUT2D eigenvalue weighted by molar-refractivity contribution is -0.122. The smallest absolute Gasteiger partial charge is 0.220 e. The Morgan fingerprint density at radius 2 is 2.00 bits per heavy atom. The van der Waals surface area contributed by atoms with E-state index < -0.39 is 0 Å². The van der Waals surface area contributed by atoms with Gasteiger partial charge in [0.2, 0.25) is 5.91 Å². The molecule has 1 aromatic carbocycles. The molecule has 0 saturated carbocycles. The Morgan fingerprint density at radius 1 is 1.33 bits per heavy atom. The summed E-state index contributed by atoms with van der Waals surface area (Å²) in [4.78, 5) is 11.9. The van der Waals surface area contributed by atoms with Gasteiger partial charge in [-0.1, -0.05) is 43.7 Å². The van der Waals surface area contributed by atoms with Gasteiger partial charge in [0.25, 0.3) is 0 Å². The van der Waals surface area contributed by atoms with E-state index in [1.165, 1.54) is 0 Å². The Balaban J connectivity index is 2.44. The van der Waals surface area contributed by atoms with Crippen LogP contribution >= 0.6 is 0 Å². The first-order chi connectivity index (χ1) is 8.67. The Labute approximate surface area is 110 Å². The van der Waals surface area contributed by atoms with Crippen LogP contribution in [0.5, 0.6) is 0 Å². The summed E-state index contributed by atoms with van der Waals surface area (Å²) in [5.74, 6) is 0.397. The van der Waals surface area contributed by atoms with Gasteiger partial charge in [0.1, 0.15) is 0 Å². The second kappa shape index (κ2) is 7.88. The lowest BCUT2D eigenvalue weighted by Gasteiger charge is -2.17. The normalized spacial score (nSPS) is 13.9. The maximum absolute atomic E-state index is 11.9. The van der Waals surface area contributed by atoms with Crippen LogP contribution in [0.25, 0.3) is 0 Å². The molecule has 1 aromatic rings. The molecule has 100 valence electrons. The fourth-order valence-electron chi connectivity index (χ4n) is 2.10. The minimum Gasteiger partial charge on any atom is -0.350 e. The first-order valence-corrected chi connectivity index (χ1v) is 6.71. The summed E-state index contributed by atoms with van der Waals surface area (Å²) in [5, 5.41) is 3.02. The minimum atomic E-state index is 0.0544. The molecule has 18 heavy (non-hydrogen) atoms. The summed E-state index contributed by atoms with van der Waals surface area (Å²) in [5.41, 5.74) is 6.80. The van der Waals surface area contributed by atoms with Crippen molar-refractivity contribution in [1.29, 1.82) is 0 Å². The number of nitrogens with one attached hydrogen (secondary N) is 1. The van der Waals surface area contributed by atoms with Gasteiger partial charge in [0.15, 0.2) is 0 Å². The van der Waals surface area contributed by atoms with Gasteiger partial charge in [-0.15, -0.1) is 0 Å². The molecule has 3 nitrogen and oxygen atoms in total. The molecule has 0 radical (unpaired) electrons. The third-order valence-electron chi connectivity index (χ3n) is 3.18. The van der Waals surface area contributed by atoms with E-state index in [0.29, 0.717) is 18.9 Å². The topological polar surface area (TPSA) is 55.1 Å². The van der Waals surface area contributed by atoms with Gasteiger partial charge in [0.05, 0.1) is 6.04 Å². The maximum atomic E-state index is 11.9. The van der Waals surface area contributed by atoms with Gasteiger partial charge >= 0.3 is 0 Å². The highest BCUT2D eigenvalue weighted by molar-refractivity contribution is 5.76. The monoisotopic (exact) mass is 248 g/mol. The summed E-state index contributed by atoms with van der Waals surface area (Å²) < 4.78 is 0. The maximum Gasteiger partial charge on any atom is 0.220 e. The zero-order chi connectivity index (χ0) is 13.4. The zero-order valence-corrected chi connectivity index (χ0v) is 11.4. The van der Waals surface area contributed by atoms with Gasteiger partial charge < -0.3 is 11.1 Å². The Morgan fingerprint density at radius 3 is 2.56 bits per heavy atom. The molecular weight excluding hydrogens is 224 g/mol. The molecule has 3 N–H and O–H groups in total. The Kier molecular flexibility index (Phi) is 6.44. The molecule has 0 aliphatic carbocycles. The van der Waals surface area contributed by atoms with Crippen LogP contribution in [0.1, 0.15) is 44.7 Å². The van der Waals surface area contributed by atoms with Crippen molar-refractivity contribution in [2.45, 2.75) is 39.2 Å². The molecule has 0 fully saturated rings. The number of amides is 1. The van der Waals surface area contributed by atoms with Crippen LogP contribution in [0.15, 0.2) is 30.3 Å². The van der Waals surface area contributed by atoms with Crippen molar-refractivity contribution in [2.24, 2.45) is 11.7 Å². The first kappa shape index (κ1) is 14.7. The van der Waals surface area contributed by atoms with Crippen LogP contribution in [-0.4, -0.2) is 12.5 Å². The predicted molar refractivity (Wildman–Crippen MR) is 75.1 cm³/mol. The number of carbonyl (C=O) groups is 1. The number of nitrogens with two attached hydrogens (primary N) is 1. The number of rotatable bonds is 7. The van der Waals surface area contributed by atoms with Crippen LogP contribution in [0.4, 0.5) is 0 Å². The van der Waals surface area contributed by atoms with E-state index in [1.807, 2.05) is 37.3 Å². The Bertz CT molecular complexity index is 351. The van der Waals surface area contributed by atoms with Crippen LogP contribution in [-0.2, 0) is 4.79 Å². The molecule has 0 bridgehead atoms. The number of hydrogen-bond donors (Lipinski definition) is 2. The van der Waals surface area contributed by atoms with Gasteiger partial charge in [-0.25, -0.2) is 0 Å². The summed E-state index contributed by atoms with van der Waals surface area (Å²) >= 11 is 0. The number of carbonyl (C=O) groups excluding carboxylic acids is 1. The molecule has 0 heterocycles. The standard InChI is InChI=1S/C15H24N2O/c1-3-7-13(11-16)10-15(18)17-12(2)14-8-5-4-6-9-14/h4-6,8-9,12-13H,3,7,10-11,16H2,1-2H3,(H,17,18)/t12-,13-/m1/s1. The molecule has 1 amide bonds. The second-order valence-electron chi connectivity index (χ2n) is 4.79. The third-order valence-corrected chi connectivity index (χ3v) is 3.18. The first-order valence-electron chi connectivity index (χ1n) is 6.71. The minimum absolute atomic E-state index is 0.0544. The molecule has 0 aliphatic rings. The lowest BCUT2D eigenvalue weighted by Crippen LogP contribution is -2.30. The average Bonchev–Trinajstić information content (AvgIpc) is 2.39. The quantitative estimate of drug-likeness (QED) is 0.779. The van der Waals surface area contributed by atoms with Gasteiger partial charge in [-0.3, -0.25) is 4.79 Å². The van der Waals surface area contributed by atoms with Crippen LogP contribution in [0, 0.1) is 5.92 Å². The average molecular weight is 248 g/mol. The van der Waals surface area contributed by atoms with Crippen molar-refractivity contribution in [3.8, 4) is 0 Å². The fourth-order valence-corrected chi connectivity index (χ4v) is 2.10. The fraction of sp³-hybridized carbons (Fsp3) is 0.533. The molecular formula is C15H24N2O. The summed E-state index contributed by atoms with van der Waals surface area (Å²) in [7, 11) is 0. The largest absolute Gasteiger partial charge is 0.350 e. The molecule has 2 atom stereocenters. The number of hydrogen-bond acceptors (Lipinski definition) is 2. The highest BCUT2D eigenvalue weighted by Crippen LogP contribution is 2.14. The SMILES string of the molecule is CCC[C@@H](CN)CC(=O)N[C@H](C)c1ccccc1. The Hall–Kier alpha value is -1.35. The second-order valence-corrected chi connectivity index (χ2v) is 4.79. The van der Waals surface area contributed by atoms with E-state index in [9.17, 15) is 4.79 Å². The van der Waals surface area contributed by atoms with Crippen molar-refractivity contribution in [1.82, 2.24) is 5.32 Å². The van der Waals surface area contributed by atoms with Crippen molar-refractivity contribution < 1.29 is 4.79 Å². The molecule has 0 spiro atoms. The van der Waals surface area contributed by atoms with Gasteiger partial charge in [0, 0.05) is 6.42 Å². The van der Waals surface area contributed by atoms with Crippen LogP contribution in [0.2, 0.25) is 0 Å². The molecule has 0 saturated heterocycles. The zero-order valence-electron chi connectivity index (χ0n) is 11.4. The van der Waals surface area contributed by atoms with E-state index in [4.69, 9.17) is 5.73 Å². The lowest BCUT2D eigenvalue weighted by atomic mass is 9.99. The molecule has 0 aromatic heterocycles. The highest BCUT2D eigenvalue weighted by Gasteiger charge is 2.14. The van der Waals surface area contributed by atoms with E-state index in [-0.39, 0.29) is 11.9 Å². The summed E-state index contributed by atoms with van der Waals surface area (Å²) in [6.45, 7) is 4.71. The van der Waals surface area contributed by atoms with E-state index in [0.717, 1.165) is 18.4 Å². The third kappa shape index (κ3) is 4.88. The van der Waals surface area contributed by atoms with Crippen molar-refractivity contribution in [3.63, 3.8) is 0 Å². The molecule has 1 rings (SSSR count).